The van der Waals surface area contributed by atoms with Crippen LogP contribution in [0.2, 0.25) is 0 Å². The van der Waals surface area contributed by atoms with Gasteiger partial charge in [-0.25, -0.2) is 0 Å². The third kappa shape index (κ3) is 4.99. The second kappa shape index (κ2) is 9.83. The highest BCUT2D eigenvalue weighted by molar-refractivity contribution is 7.18. The molecule has 3 aromatic rings. The second-order valence-corrected chi connectivity index (χ2v) is 8.70. The monoisotopic (exact) mass is 434 g/mol. The fraction of sp³-hybridized carbons (Fsp3) is 0.333. The average molecular weight is 435 g/mol. The summed E-state index contributed by atoms with van der Waals surface area (Å²) in [6.07, 6.45) is 4.76. The van der Waals surface area contributed by atoms with E-state index < -0.39 is 6.04 Å². The number of amides is 2. The zero-order chi connectivity index (χ0) is 21.6. The number of unbranched alkanes of at least 4 members (excludes halogenated alkanes) is 1. The van der Waals surface area contributed by atoms with Gasteiger partial charge in [0.15, 0.2) is 0 Å². The Bertz CT molecular complexity index is 1030. The molecule has 1 aromatic heterocycles. The average Bonchev–Trinajstić information content (AvgIpc) is 3.48. The molecule has 6 nitrogen and oxygen atoms in total. The van der Waals surface area contributed by atoms with Crippen LogP contribution in [-0.2, 0) is 11.2 Å². The van der Waals surface area contributed by atoms with Crippen molar-refractivity contribution >= 4 is 28.3 Å². The van der Waals surface area contributed by atoms with Crippen LogP contribution < -0.4 is 5.32 Å². The van der Waals surface area contributed by atoms with Gasteiger partial charge in [0, 0.05) is 17.7 Å². The lowest BCUT2D eigenvalue weighted by atomic mass is 10.1. The Kier molecular flexibility index (Phi) is 6.72. The number of benzene rings is 2. The van der Waals surface area contributed by atoms with E-state index in [1.54, 1.807) is 4.90 Å². The number of rotatable bonds is 7. The van der Waals surface area contributed by atoms with E-state index in [1.165, 1.54) is 16.9 Å². The molecule has 1 unspecified atom stereocenters. The van der Waals surface area contributed by atoms with E-state index in [1.807, 2.05) is 54.6 Å². The van der Waals surface area contributed by atoms with Crippen LogP contribution >= 0.6 is 11.3 Å². The second-order valence-electron chi connectivity index (χ2n) is 7.72. The van der Waals surface area contributed by atoms with Crippen molar-refractivity contribution < 1.29 is 9.59 Å². The van der Waals surface area contributed by atoms with Gasteiger partial charge in [0.1, 0.15) is 11.0 Å². The Hall–Kier alpha value is -3.06. The first-order valence-corrected chi connectivity index (χ1v) is 11.6. The number of anilines is 1. The summed E-state index contributed by atoms with van der Waals surface area (Å²) in [5.74, 6) is -0.303. The van der Waals surface area contributed by atoms with Gasteiger partial charge in [-0.3, -0.25) is 14.9 Å². The lowest BCUT2D eigenvalue weighted by Gasteiger charge is -2.23. The standard InChI is InChI=1S/C24H26N4O2S/c1-2-3-8-17-12-14-19(15-13-17)23(30)28-16-7-11-20(28)21(29)25-24-27-26-22(31-24)18-9-5-4-6-10-18/h4-6,9-10,12-15,20H,2-3,7-8,11,16H2,1H3,(H,25,27,29). The van der Waals surface area contributed by atoms with Crippen LogP contribution in [0.25, 0.3) is 10.6 Å². The van der Waals surface area contributed by atoms with Crippen molar-refractivity contribution in [3.8, 4) is 10.6 Å². The van der Waals surface area contributed by atoms with E-state index in [2.05, 4.69) is 22.4 Å². The zero-order valence-electron chi connectivity index (χ0n) is 17.6. The summed E-state index contributed by atoms with van der Waals surface area (Å²) in [4.78, 5) is 27.6. The molecule has 0 spiro atoms. The molecule has 1 N–H and O–H groups in total. The maximum Gasteiger partial charge on any atom is 0.254 e. The third-order valence-electron chi connectivity index (χ3n) is 5.51. The van der Waals surface area contributed by atoms with Crippen LogP contribution in [0.15, 0.2) is 54.6 Å². The van der Waals surface area contributed by atoms with E-state index in [9.17, 15) is 9.59 Å². The molecular formula is C24H26N4O2S. The Labute approximate surface area is 186 Å². The summed E-state index contributed by atoms with van der Waals surface area (Å²) in [5, 5.41) is 12.3. The van der Waals surface area contributed by atoms with Gasteiger partial charge >= 0.3 is 0 Å². The number of likely N-dealkylation sites (tertiary alicyclic amines) is 1. The summed E-state index contributed by atoms with van der Waals surface area (Å²) in [5.41, 5.74) is 2.82. The molecule has 2 heterocycles. The van der Waals surface area contributed by atoms with Crippen LogP contribution in [0.4, 0.5) is 5.13 Å². The number of nitrogens with one attached hydrogen (secondary N) is 1. The van der Waals surface area contributed by atoms with Crippen LogP contribution in [0.1, 0.15) is 48.5 Å². The Balaban J connectivity index is 1.41. The predicted molar refractivity (Wildman–Crippen MR) is 123 cm³/mol. The number of hydrogen-bond donors (Lipinski definition) is 1. The van der Waals surface area contributed by atoms with E-state index in [0.717, 1.165) is 36.3 Å². The summed E-state index contributed by atoms with van der Waals surface area (Å²) in [7, 11) is 0. The highest BCUT2D eigenvalue weighted by Crippen LogP contribution is 2.27. The summed E-state index contributed by atoms with van der Waals surface area (Å²) >= 11 is 1.33. The first-order valence-electron chi connectivity index (χ1n) is 10.8. The maximum absolute atomic E-state index is 13.0. The smallest absolute Gasteiger partial charge is 0.254 e. The molecule has 31 heavy (non-hydrogen) atoms. The summed E-state index contributed by atoms with van der Waals surface area (Å²) in [6.45, 7) is 2.75. The zero-order valence-corrected chi connectivity index (χ0v) is 18.4. The Morgan fingerprint density at radius 3 is 2.61 bits per heavy atom. The van der Waals surface area contributed by atoms with Crippen molar-refractivity contribution in [1.82, 2.24) is 15.1 Å². The summed E-state index contributed by atoms with van der Waals surface area (Å²) in [6, 6.07) is 17.0. The minimum Gasteiger partial charge on any atom is -0.327 e. The molecule has 1 fully saturated rings. The van der Waals surface area contributed by atoms with Crippen molar-refractivity contribution in [3.63, 3.8) is 0 Å². The summed E-state index contributed by atoms with van der Waals surface area (Å²) < 4.78 is 0. The van der Waals surface area contributed by atoms with Gasteiger partial charge in [0.25, 0.3) is 5.91 Å². The van der Waals surface area contributed by atoms with Gasteiger partial charge in [0.2, 0.25) is 11.0 Å². The molecule has 0 saturated carbocycles. The van der Waals surface area contributed by atoms with Crippen molar-refractivity contribution in [2.45, 2.75) is 45.1 Å². The Morgan fingerprint density at radius 2 is 1.87 bits per heavy atom. The van der Waals surface area contributed by atoms with Gasteiger partial charge < -0.3 is 4.90 Å². The van der Waals surface area contributed by atoms with E-state index in [4.69, 9.17) is 0 Å². The molecule has 2 amide bonds. The molecule has 4 rings (SSSR count). The normalized spacial score (nSPS) is 15.8. The first-order chi connectivity index (χ1) is 15.2. The van der Waals surface area contributed by atoms with Gasteiger partial charge in [-0.05, 0) is 43.4 Å². The van der Waals surface area contributed by atoms with Gasteiger partial charge in [-0.15, -0.1) is 10.2 Å². The first kappa shape index (κ1) is 21.2. The largest absolute Gasteiger partial charge is 0.327 e. The fourth-order valence-corrected chi connectivity index (χ4v) is 4.55. The van der Waals surface area contributed by atoms with Crippen LogP contribution in [0.5, 0.6) is 0 Å². The van der Waals surface area contributed by atoms with E-state index in [0.29, 0.717) is 23.7 Å². The quantitative estimate of drug-likeness (QED) is 0.580. The van der Waals surface area contributed by atoms with Crippen molar-refractivity contribution in [2.75, 3.05) is 11.9 Å². The van der Waals surface area contributed by atoms with Crippen molar-refractivity contribution in [3.05, 3.63) is 65.7 Å². The molecule has 1 atom stereocenters. The topological polar surface area (TPSA) is 75.2 Å². The lowest BCUT2D eigenvalue weighted by Crippen LogP contribution is -2.43. The minimum absolute atomic E-state index is 0.0954. The van der Waals surface area contributed by atoms with E-state index >= 15 is 0 Å². The molecule has 1 aliphatic rings. The molecule has 160 valence electrons. The highest BCUT2D eigenvalue weighted by atomic mass is 32.1. The molecule has 2 aromatic carbocycles. The molecule has 0 bridgehead atoms. The lowest BCUT2D eigenvalue weighted by molar-refractivity contribution is -0.119. The highest BCUT2D eigenvalue weighted by Gasteiger charge is 2.35. The number of hydrogen-bond acceptors (Lipinski definition) is 5. The van der Waals surface area contributed by atoms with Gasteiger partial charge in [-0.2, -0.15) is 0 Å². The number of aryl methyl sites for hydroxylation is 1. The third-order valence-corrected chi connectivity index (χ3v) is 6.40. The minimum atomic E-state index is -0.489. The number of carbonyl (C=O) groups excluding carboxylic acids is 2. The van der Waals surface area contributed by atoms with Crippen LogP contribution in [0.3, 0.4) is 0 Å². The molecular weight excluding hydrogens is 408 g/mol. The van der Waals surface area contributed by atoms with Crippen molar-refractivity contribution in [1.29, 1.82) is 0 Å². The molecule has 0 radical (unpaired) electrons. The van der Waals surface area contributed by atoms with Gasteiger partial charge in [0.05, 0.1) is 0 Å². The number of carbonyl (C=O) groups is 2. The van der Waals surface area contributed by atoms with Crippen LogP contribution in [0, 0.1) is 0 Å². The fourth-order valence-electron chi connectivity index (χ4n) is 3.80. The maximum atomic E-state index is 13.0. The molecule has 1 aliphatic heterocycles. The van der Waals surface area contributed by atoms with Crippen LogP contribution in [-0.4, -0.2) is 39.5 Å². The Morgan fingerprint density at radius 1 is 1.10 bits per heavy atom. The SMILES string of the molecule is CCCCc1ccc(C(=O)N2CCCC2C(=O)Nc2nnc(-c3ccccc3)s2)cc1. The molecule has 1 saturated heterocycles. The molecule has 0 aliphatic carbocycles. The van der Waals surface area contributed by atoms with E-state index in [-0.39, 0.29) is 11.8 Å². The number of nitrogens with zero attached hydrogens (tertiary/aromatic N) is 3. The number of aromatic nitrogens is 2. The predicted octanol–water partition coefficient (Wildman–Crippen LogP) is 4.79. The van der Waals surface area contributed by atoms with Crippen molar-refractivity contribution in [2.24, 2.45) is 0 Å². The molecule has 7 heteroatoms. The van der Waals surface area contributed by atoms with Gasteiger partial charge in [-0.1, -0.05) is 67.1 Å².